The third kappa shape index (κ3) is 3.80. The molecule has 0 bridgehead atoms. The molecule has 0 atom stereocenters. The van der Waals surface area contributed by atoms with Gasteiger partial charge in [-0.2, -0.15) is 11.8 Å². The van der Waals surface area contributed by atoms with E-state index in [1.807, 2.05) is 30.0 Å². The van der Waals surface area contributed by atoms with E-state index in [9.17, 15) is 0 Å². The van der Waals surface area contributed by atoms with Gasteiger partial charge in [0, 0.05) is 17.5 Å². The summed E-state index contributed by atoms with van der Waals surface area (Å²) < 4.78 is 6.52. The topological polar surface area (TPSA) is 35.2 Å². The van der Waals surface area contributed by atoms with Crippen LogP contribution in [0.1, 0.15) is 6.92 Å². The monoisotopic (exact) mass is 275 g/mol. The van der Waals surface area contributed by atoms with E-state index >= 15 is 0 Å². The van der Waals surface area contributed by atoms with E-state index in [-0.39, 0.29) is 0 Å². The van der Waals surface area contributed by atoms with Crippen LogP contribution >= 0.6 is 27.7 Å². The van der Waals surface area contributed by atoms with Crippen molar-refractivity contribution < 1.29 is 4.74 Å². The second kappa shape index (κ2) is 6.19. The molecular weight excluding hydrogens is 262 g/mol. The molecule has 0 aliphatic heterocycles. The summed E-state index contributed by atoms with van der Waals surface area (Å²) in [4.78, 5) is 0. The Labute approximate surface area is 97.3 Å². The summed E-state index contributed by atoms with van der Waals surface area (Å²) in [5, 5.41) is 0. The Balaban J connectivity index is 2.45. The zero-order valence-electron chi connectivity index (χ0n) is 8.13. The van der Waals surface area contributed by atoms with Crippen LogP contribution in [0.15, 0.2) is 22.7 Å². The maximum atomic E-state index is 5.65. The number of nitrogens with two attached hydrogens (primary N) is 1. The van der Waals surface area contributed by atoms with Gasteiger partial charge in [-0.15, -0.1) is 0 Å². The minimum atomic E-state index is 0.723. The van der Waals surface area contributed by atoms with Gasteiger partial charge in [0.25, 0.3) is 0 Å². The molecule has 0 heterocycles. The van der Waals surface area contributed by atoms with E-state index in [1.54, 1.807) is 0 Å². The van der Waals surface area contributed by atoms with Gasteiger partial charge in [0.2, 0.25) is 0 Å². The van der Waals surface area contributed by atoms with Crippen molar-refractivity contribution in [3.63, 3.8) is 0 Å². The van der Waals surface area contributed by atoms with Gasteiger partial charge in [-0.3, -0.25) is 0 Å². The van der Waals surface area contributed by atoms with Gasteiger partial charge in [-0.25, -0.2) is 0 Å². The van der Waals surface area contributed by atoms with Crippen molar-refractivity contribution in [2.24, 2.45) is 0 Å². The lowest BCUT2D eigenvalue weighted by molar-refractivity contribution is 0.342. The SMILES string of the molecule is CCSCCOc1cc(N)ccc1Br. The van der Waals surface area contributed by atoms with Gasteiger partial charge in [-0.05, 0) is 33.8 Å². The second-order valence-corrected chi connectivity index (χ2v) is 4.98. The highest BCUT2D eigenvalue weighted by Gasteiger charge is 2.00. The van der Waals surface area contributed by atoms with Crippen LogP contribution in [-0.4, -0.2) is 18.1 Å². The molecular formula is C10H14BrNOS. The molecule has 2 nitrogen and oxygen atoms in total. The summed E-state index contributed by atoms with van der Waals surface area (Å²) in [6.45, 7) is 2.86. The van der Waals surface area contributed by atoms with Crippen molar-refractivity contribution >= 4 is 33.4 Å². The predicted octanol–water partition coefficient (Wildman–Crippen LogP) is 3.16. The molecule has 1 aromatic carbocycles. The van der Waals surface area contributed by atoms with E-state index in [0.717, 1.165) is 34.0 Å². The van der Waals surface area contributed by atoms with Gasteiger partial charge < -0.3 is 10.5 Å². The van der Waals surface area contributed by atoms with Gasteiger partial charge >= 0.3 is 0 Å². The Morgan fingerprint density at radius 3 is 3.00 bits per heavy atom. The third-order valence-electron chi connectivity index (χ3n) is 1.64. The van der Waals surface area contributed by atoms with Crippen LogP contribution in [0.25, 0.3) is 0 Å². The number of thioether (sulfide) groups is 1. The van der Waals surface area contributed by atoms with E-state index in [1.165, 1.54) is 0 Å². The van der Waals surface area contributed by atoms with Gasteiger partial charge in [0.1, 0.15) is 5.75 Å². The summed E-state index contributed by atoms with van der Waals surface area (Å²) in [7, 11) is 0. The van der Waals surface area contributed by atoms with E-state index in [0.29, 0.717) is 0 Å². The van der Waals surface area contributed by atoms with Crippen molar-refractivity contribution in [1.82, 2.24) is 0 Å². The Kier molecular flexibility index (Phi) is 5.19. The molecule has 0 aromatic heterocycles. The third-order valence-corrected chi connectivity index (χ3v) is 3.16. The summed E-state index contributed by atoms with van der Waals surface area (Å²) in [6.07, 6.45) is 0. The molecule has 14 heavy (non-hydrogen) atoms. The number of benzene rings is 1. The van der Waals surface area contributed by atoms with Crippen molar-refractivity contribution in [2.45, 2.75) is 6.92 Å². The second-order valence-electron chi connectivity index (χ2n) is 2.74. The van der Waals surface area contributed by atoms with E-state index in [2.05, 4.69) is 22.9 Å². The predicted molar refractivity (Wildman–Crippen MR) is 67.0 cm³/mol. The number of halogens is 1. The fourth-order valence-electron chi connectivity index (χ4n) is 0.985. The van der Waals surface area contributed by atoms with Crippen molar-refractivity contribution in [1.29, 1.82) is 0 Å². The molecule has 0 fully saturated rings. The first kappa shape index (κ1) is 11.7. The summed E-state index contributed by atoms with van der Waals surface area (Å²) in [6, 6.07) is 5.58. The first-order valence-electron chi connectivity index (χ1n) is 4.49. The van der Waals surface area contributed by atoms with Crippen molar-refractivity contribution in [3.05, 3.63) is 22.7 Å². The highest BCUT2D eigenvalue weighted by molar-refractivity contribution is 9.10. The van der Waals surface area contributed by atoms with Gasteiger partial charge in [-0.1, -0.05) is 6.92 Å². The number of hydrogen-bond donors (Lipinski definition) is 1. The number of rotatable bonds is 5. The van der Waals surface area contributed by atoms with Crippen molar-refractivity contribution in [3.8, 4) is 5.75 Å². The van der Waals surface area contributed by atoms with Crippen molar-refractivity contribution in [2.75, 3.05) is 23.8 Å². The first-order valence-corrected chi connectivity index (χ1v) is 6.44. The highest BCUT2D eigenvalue weighted by atomic mass is 79.9. The minimum Gasteiger partial charge on any atom is -0.491 e. The molecule has 0 spiro atoms. The fraction of sp³-hybridized carbons (Fsp3) is 0.400. The van der Waals surface area contributed by atoms with E-state index in [4.69, 9.17) is 10.5 Å². The molecule has 78 valence electrons. The van der Waals surface area contributed by atoms with Crippen LogP contribution in [0.2, 0.25) is 0 Å². The molecule has 0 radical (unpaired) electrons. The van der Waals surface area contributed by atoms with Gasteiger partial charge in [0.15, 0.2) is 0 Å². The van der Waals surface area contributed by atoms with Crippen LogP contribution in [0, 0.1) is 0 Å². The quantitative estimate of drug-likeness (QED) is 0.662. The average molecular weight is 276 g/mol. The van der Waals surface area contributed by atoms with Crippen LogP contribution in [-0.2, 0) is 0 Å². The molecule has 0 aliphatic carbocycles. The summed E-state index contributed by atoms with van der Waals surface area (Å²) in [5.74, 6) is 2.96. The van der Waals surface area contributed by atoms with Crippen LogP contribution in [0.5, 0.6) is 5.75 Å². The Morgan fingerprint density at radius 1 is 1.50 bits per heavy atom. The maximum absolute atomic E-state index is 5.65. The smallest absolute Gasteiger partial charge is 0.135 e. The average Bonchev–Trinajstić information content (AvgIpc) is 2.18. The Hall–Kier alpha value is -0.350. The molecule has 0 unspecified atom stereocenters. The van der Waals surface area contributed by atoms with E-state index < -0.39 is 0 Å². The molecule has 0 saturated carbocycles. The normalized spacial score (nSPS) is 10.1. The first-order chi connectivity index (χ1) is 6.74. The standard InChI is InChI=1S/C10H14BrNOS/c1-2-14-6-5-13-10-7-8(12)3-4-9(10)11/h3-4,7H,2,5-6,12H2,1H3. The van der Waals surface area contributed by atoms with Crippen LogP contribution in [0.3, 0.4) is 0 Å². The molecule has 4 heteroatoms. The molecule has 0 saturated heterocycles. The number of hydrogen-bond acceptors (Lipinski definition) is 3. The Morgan fingerprint density at radius 2 is 2.29 bits per heavy atom. The zero-order valence-corrected chi connectivity index (χ0v) is 10.5. The maximum Gasteiger partial charge on any atom is 0.135 e. The molecule has 0 aliphatic rings. The summed E-state index contributed by atoms with van der Waals surface area (Å²) >= 11 is 5.28. The van der Waals surface area contributed by atoms with Crippen LogP contribution in [0.4, 0.5) is 5.69 Å². The lowest BCUT2D eigenvalue weighted by Crippen LogP contribution is -2.01. The lowest BCUT2D eigenvalue weighted by atomic mass is 10.3. The minimum absolute atomic E-state index is 0.723. The number of ether oxygens (including phenoxy) is 1. The van der Waals surface area contributed by atoms with Gasteiger partial charge in [0.05, 0.1) is 11.1 Å². The lowest BCUT2D eigenvalue weighted by Gasteiger charge is -2.08. The largest absolute Gasteiger partial charge is 0.491 e. The highest BCUT2D eigenvalue weighted by Crippen LogP contribution is 2.27. The number of nitrogen functional groups attached to an aromatic ring is 1. The molecule has 0 amide bonds. The fourth-order valence-corrected chi connectivity index (χ4v) is 1.84. The molecule has 2 N–H and O–H groups in total. The number of anilines is 1. The molecule has 1 rings (SSSR count). The zero-order chi connectivity index (χ0) is 10.4. The Bertz CT molecular complexity index is 293. The van der Waals surface area contributed by atoms with Crippen LogP contribution < -0.4 is 10.5 Å². The molecule has 1 aromatic rings. The summed E-state index contributed by atoms with van der Waals surface area (Å²) in [5.41, 5.74) is 6.38.